The molecule has 1 fully saturated rings. The number of aliphatic hydroxyl groups is 3. The number of halogens is 1. The molecule has 2 aromatic rings. The van der Waals surface area contributed by atoms with Crippen LogP contribution in [0, 0.1) is 0 Å². The van der Waals surface area contributed by atoms with Crippen LogP contribution in [0.4, 0.5) is 0 Å². The number of ether oxygens (including phenoxy) is 1. The molecule has 5 nitrogen and oxygen atoms in total. The minimum atomic E-state index is -1.22. The van der Waals surface area contributed by atoms with E-state index in [1.807, 2.05) is 12.1 Å². The smallest absolute Gasteiger partial charge is 0.173 e. The SMILES string of the molecule is O[C@@H]1[C@@H](O)[C@H](Oc2ccc(Cl)c(-c3cccnc3)c2)SC[C@H]1O. The van der Waals surface area contributed by atoms with Gasteiger partial charge in [-0.3, -0.25) is 4.98 Å². The third kappa shape index (κ3) is 3.62. The molecule has 1 saturated heterocycles. The van der Waals surface area contributed by atoms with Crippen molar-refractivity contribution in [3.05, 3.63) is 47.7 Å². The molecule has 0 radical (unpaired) electrons. The lowest BCUT2D eigenvalue weighted by Gasteiger charge is -2.34. The van der Waals surface area contributed by atoms with Gasteiger partial charge in [-0.15, -0.1) is 11.8 Å². The van der Waals surface area contributed by atoms with E-state index in [0.717, 1.165) is 11.1 Å². The summed E-state index contributed by atoms with van der Waals surface area (Å²) in [4.78, 5) is 4.07. The van der Waals surface area contributed by atoms with Crippen molar-refractivity contribution in [2.75, 3.05) is 5.75 Å². The Labute approximate surface area is 142 Å². The highest BCUT2D eigenvalue weighted by molar-refractivity contribution is 7.99. The molecule has 23 heavy (non-hydrogen) atoms. The number of aliphatic hydroxyl groups excluding tert-OH is 3. The van der Waals surface area contributed by atoms with Gasteiger partial charge in [0.05, 0.1) is 6.10 Å². The van der Waals surface area contributed by atoms with E-state index in [1.165, 1.54) is 11.8 Å². The zero-order chi connectivity index (χ0) is 16.4. The minimum absolute atomic E-state index is 0.298. The van der Waals surface area contributed by atoms with E-state index in [1.54, 1.807) is 30.6 Å². The van der Waals surface area contributed by atoms with Gasteiger partial charge in [0.2, 0.25) is 0 Å². The molecule has 1 aromatic carbocycles. The highest BCUT2D eigenvalue weighted by Crippen LogP contribution is 2.34. The quantitative estimate of drug-likeness (QED) is 0.782. The van der Waals surface area contributed by atoms with Crippen LogP contribution in [-0.2, 0) is 0 Å². The predicted molar refractivity (Wildman–Crippen MR) is 89.6 cm³/mol. The largest absolute Gasteiger partial charge is 0.477 e. The summed E-state index contributed by atoms with van der Waals surface area (Å²) in [7, 11) is 0. The second-order valence-corrected chi connectivity index (χ2v) is 6.79. The topological polar surface area (TPSA) is 82.8 Å². The van der Waals surface area contributed by atoms with Gasteiger partial charge in [0.15, 0.2) is 5.44 Å². The third-order valence-corrected chi connectivity index (χ3v) is 5.18. The normalized spacial score (nSPS) is 27.7. The van der Waals surface area contributed by atoms with Crippen LogP contribution < -0.4 is 4.74 Å². The molecule has 1 aliphatic heterocycles. The second-order valence-electron chi connectivity index (χ2n) is 5.25. The van der Waals surface area contributed by atoms with Crippen LogP contribution in [0.25, 0.3) is 11.1 Å². The number of nitrogens with zero attached hydrogens (tertiary/aromatic N) is 1. The summed E-state index contributed by atoms with van der Waals surface area (Å²) in [5.74, 6) is 0.819. The van der Waals surface area contributed by atoms with Gasteiger partial charge < -0.3 is 20.1 Å². The van der Waals surface area contributed by atoms with Gasteiger partial charge >= 0.3 is 0 Å². The van der Waals surface area contributed by atoms with Crippen molar-refractivity contribution in [1.29, 1.82) is 0 Å². The first kappa shape index (κ1) is 16.5. The number of hydrogen-bond acceptors (Lipinski definition) is 6. The van der Waals surface area contributed by atoms with Crippen LogP contribution in [0.5, 0.6) is 5.75 Å². The Morgan fingerprint density at radius 1 is 1.17 bits per heavy atom. The molecule has 0 saturated carbocycles. The number of aromatic nitrogens is 1. The zero-order valence-electron chi connectivity index (χ0n) is 12.0. The molecule has 0 bridgehead atoms. The number of hydrogen-bond donors (Lipinski definition) is 3. The van der Waals surface area contributed by atoms with E-state index in [2.05, 4.69) is 4.98 Å². The summed E-state index contributed by atoms with van der Waals surface area (Å²) in [6.07, 6.45) is 0.0491. The maximum absolute atomic E-state index is 10.0. The molecule has 3 rings (SSSR count). The number of rotatable bonds is 3. The Kier molecular flexibility index (Phi) is 5.08. The first-order valence-electron chi connectivity index (χ1n) is 7.08. The lowest BCUT2D eigenvalue weighted by atomic mass is 10.1. The van der Waals surface area contributed by atoms with Crippen molar-refractivity contribution in [3.8, 4) is 16.9 Å². The first-order valence-corrected chi connectivity index (χ1v) is 8.51. The third-order valence-electron chi connectivity index (χ3n) is 3.62. The van der Waals surface area contributed by atoms with Gasteiger partial charge in [-0.1, -0.05) is 17.7 Å². The molecule has 2 heterocycles. The van der Waals surface area contributed by atoms with Crippen LogP contribution in [0.15, 0.2) is 42.7 Å². The number of pyridine rings is 1. The number of benzene rings is 1. The summed E-state index contributed by atoms with van der Waals surface area (Å²) >= 11 is 7.49. The highest BCUT2D eigenvalue weighted by Gasteiger charge is 2.38. The Morgan fingerprint density at radius 2 is 2.00 bits per heavy atom. The standard InChI is InChI=1S/C16H16ClNO4S/c17-12-4-3-10(6-11(12)9-2-1-5-18-7-9)22-16-15(21)14(20)13(19)8-23-16/h1-7,13-16,19-21H,8H2/t13-,14+,15-,16-/m1/s1. The Bertz CT molecular complexity index is 672. The predicted octanol–water partition coefficient (Wildman–Crippen LogP) is 1.94. The lowest BCUT2D eigenvalue weighted by Crippen LogP contribution is -2.50. The van der Waals surface area contributed by atoms with Gasteiger partial charge in [0, 0.05) is 34.3 Å². The molecule has 7 heteroatoms. The maximum atomic E-state index is 10.0. The molecule has 1 aliphatic rings. The average molecular weight is 354 g/mol. The maximum Gasteiger partial charge on any atom is 0.173 e. The lowest BCUT2D eigenvalue weighted by molar-refractivity contribution is -0.0786. The van der Waals surface area contributed by atoms with E-state index >= 15 is 0 Å². The fourth-order valence-corrected chi connectivity index (χ4v) is 3.69. The van der Waals surface area contributed by atoms with E-state index in [9.17, 15) is 15.3 Å². The van der Waals surface area contributed by atoms with Crippen molar-refractivity contribution < 1.29 is 20.1 Å². The summed E-state index contributed by atoms with van der Waals surface area (Å²) < 4.78 is 5.77. The fraction of sp³-hybridized carbons (Fsp3) is 0.312. The van der Waals surface area contributed by atoms with E-state index in [-0.39, 0.29) is 0 Å². The summed E-state index contributed by atoms with van der Waals surface area (Å²) in [6.45, 7) is 0. The van der Waals surface area contributed by atoms with E-state index in [0.29, 0.717) is 16.5 Å². The van der Waals surface area contributed by atoms with Crippen LogP contribution >= 0.6 is 23.4 Å². The molecular formula is C16H16ClNO4S. The molecule has 122 valence electrons. The van der Waals surface area contributed by atoms with Crippen LogP contribution in [0.1, 0.15) is 0 Å². The summed E-state index contributed by atoms with van der Waals surface area (Å²) in [5, 5.41) is 29.9. The van der Waals surface area contributed by atoms with Gasteiger partial charge in [-0.25, -0.2) is 0 Å². The molecule has 3 N–H and O–H groups in total. The van der Waals surface area contributed by atoms with Crippen molar-refractivity contribution >= 4 is 23.4 Å². The Balaban J connectivity index is 1.82. The fourth-order valence-electron chi connectivity index (χ4n) is 2.34. The van der Waals surface area contributed by atoms with E-state index < -0.39 is 23.7 Å². The van der Waals surface area contributed by atoms with Gasteiger partial charge in [0.25, 0.3) is 0 Å². The van der Waals surface area contributed by atoms with Gasteiger partial charge in [0.1, 0.15) is 18.0 Å². The Morgan fingerprint density at radius 3 is 2.74 bits per heavy atom. The molecule has 0 aliphatic carbocycles. The van der Waals surface area contributed by atoms with Crippen LogP contribution in [0.3, 0.4) is 0 Å². The van der Waals surface area contributed by atoms with Crippen LogP contribution in [-0.4, -0.2) is 49.8 Å². The monoisotopic (exact) mass is 353 g/mol. The van der Waals surface area contributed by atoms with Gasteiger partial charge in [-0.05, 0) is 24.3 Å². The van der Waals surface area contributed by atoms with Crippen molar-refractivity contribution in [1.82, 2.24) is 4.98 Å². The molecular weight excluding hydrogens is 338 g/mol. The summed E-state index contributed by atoms with van der Waals surface area (Å²) in [5.41, 5.74) is 0.972. The molecule has 0 unspecified atom stereocenters. The molecule has 0 amide bonds. The van der Waals surface area contributed by atoms with E-state index in [4.69, 9.17) is 16.3 Å². The number of thioether (sulfide) groups is 1. The first-order chi connectivity index (χ1) is 11.1. The molecule has 1 aromatic heterocycles. The zero-order valence-corrected chi connectivity index (χ0v) is 13.6. The average Bonchev–Trinajstić information content (AvgIpc) is 2.58. The van der Waals surface area contributed by atoms with Crippen molar-refractivity contribution in [2.24, 2.45) is 0 Å². The minimum Gasteiger partial charge on any atom is -0.477 e. The summed E-state index contributed by atoms with van der Waals surface area (Å²) in [6, 6.07) is 8.89. The molecule has 0 spiro atoms. The second kappa shape index (κ2) is 7.07. The molecule has 4 atom stereocenters. The van der Waals surface area contributed by atoms with Crippen molar-refractivity contribution in [3.63, 3.8) is 0 Å². The highest BCUT2D eigenvalue weighted by atomic mass is 35.5. The Hall–Kier alpha value is -1.31. The van der Waals surface area contributed by atoms with Gasteiger partial charge in [-0.2, -0.15) is 0 Å². The van der Waals surface area contributed by atoms with Crippen molar-refractivity contribution in [2.45, 2.75) is 23.7 Å². The van der Waals surface area contributed by atoms with Crippen LogP contribution in [0.2, 0.25) is 5.02 Å².